The Morgan fingerprint density at radius 1 is 1.30 bits per heavy atom. The Kier molecular flexibility index (Phi) is 3.83. The molecule has 0 atom stereocenters. The van der Waals surface area contributed by atoms with Gasteiger partial charge in [-0.05, 0) is 13.8 Å². The molecule has 10 heavy (non-hydrogen) atoms. The van der Waals surface area contributed by atoms with Crippen LogP contribution in [0.15, 0.2) is 17.8 Å². The highest BCUT2D eigenvalue weighted by atomic mass is 35.5. The van der Waals surface area contributed by atoms with Crippen LogP contribution in [0.3, 0.4) is 0 Å². The van der Waals surface area contributed by atoms with Crippen molar-refractivity contribution in [3.8, 4) is 0 Å². The van der Waals surface area contributed by atoms with Crippen LogP contribution in [-0.2, 0) is 6.55 Å². The molecule has 0 spiro atoms. The highest BCUT2D eigenvalue weighted by Gasteiger charge is 1.92. The Labute approximate surface area is 70.2 Å². The molecule has 1 aromatic rings. The molecule has 0 radical (unpaired) electrons. The van der Waals surface area contributed by atoms with Crippen molar-refractivity contribution < 1.29 is 0 Å². The molecule has 0 aliphatic rings. The van der Waals surface area contributed by atoms with Crippen LogP contribution in [0.4, 0.5) is 0 Å². The van der Waals surface area contributed by atoms with E-state index in [1.54, 1.807) is 5.17 Å². The lowest BCUT2D eigenvalue weighted by atomic mass is 10.3. The van der Waals surface area contributed by atoms with Crippen LogP contribution in [-0.4, -0.2) is 8.40 Å². The van der Waals surface area contributed by atoms with Gasteiger partial charge in [0.15, 0.2) is 0 Å². The quantitative estimate of drug-likeness (QED) is 0.527. The van der Waals surface area contributed by atoms with Gasteiger partial charge >= 0.3 is 0 Å². The highest BCUT2D eigenvalue weighted by molar-refractivity contribution is 6.50. The highest BCUT2D eigenvalue weighted by Crippen LogP contribution is 2.01. The minimum Gasteiger partial charge on any atom is -0.147 e. The summed E-state index contributed by atoms with van der Waals surface area (Å²) in [6.07, 6.45) is 0. The predicted octanol–water partition coefficient (Wildman–Crippen LogP) is 2.29. The van der Waals surface area contributed by atoms with E-state index in [4.69, 9.17) is 0 Å². The minimum atomic E-state index is -0.252. The summed E-state index contributed by atoms with van der Waals surface area (Å²) >= 11 is 0. The SMILES string of the molecule is Cc1ccc[si](C)c1C.Cl. The first-order valence-corrected chi connectivity index (χ1v) is 5.32. The predicted molar refractivity (Wildman–Crippen MR) is 50.1 cm³/mol. The Balaban J connectivity index is 0.000000810. The van der Waals surface area contributed by atoms with Gasteiger partial charge in [-0.1, -0.05) is 35.1 Å². The minimum absolute atomic E-state index is 0. The summed E-state index contributed by atoms with van der Waals surface area (Å²) in [5, 5.41) is 1.60. The smallest absolute Gasteiger partial charge is 0.0371 e. The molecule has 0 N–H and O–H groups in total. The van der Waals surface area contributed by atoms with Gasteiger partial charge in [0.1, 0.15) is 0 Å². The number of rotatable bonds is 0. The molecule has 0 amide bonds. The number of aryl methyl sites for hydroxylation is 2. The largest absolute Gasteiger partial charge is 0.147 e. The lowest BCUT2D eigenvalue weighted by Gasteiger charge is -2.00. The standard InChI is InChI=1S/C8H12Si.ClH/c1-7-5-4-6-9(3)8(7)2;/h4-6H,1-3H3;1H. The Morgan fingerprint density at radius 2 is 1.90 bits per heavy atom. The molecule has 0 aliphatic heterocycles. The average molecular weight is 173 g/mol. The fourth-order valence-electron chi connectivity index (χ4n) is 0.898. The van der Waals surface area contributed by atoms with E-state index in [0.29, 0.717) is 0 Å². The van der Waals surface area contributed by atoms with E-state index < -0.39 is 0 Å². The zero-order valence-corrected chi connectivity index (χ0v) is 8.46. The second-order valence-corrected chi connectivity index (χ2v) is 4.97. The van der Waals surface area contributed by atoms with E-state index in [1.807, 2.05) is 0 Å². The third-order valence-corrected chi connectivity index (χ3v) is 4.15. The second-order valence-electron chi connectivity index (χ2n) is 2.52. The molecule has 0 nitrogen and oxygen atoms in total. The first-order chi connectivity index (χ1) is 4.22. The maximum atomic E-state index is 2.33. The zero-order valence-electron chi connectivity index (χ0n) is 6.64. The van der Waals surface area contributed by atoms with Crippen molar-refractivity contribution in [3.05, 3.63) is 28.5 Å². The zero-order chi connectivity index (χ0) is 6.85. The van der Waals surface area contributed by atoms with E-state index in [9.17, 15) is 0 Å². The number of halogens is 1. The molecule has 0 bridgehead atoms. The Bertz CT molecular complexity index is 200. The topological polar surface area (TPSA) is 0 Å². The first-order valence-electron chi connectivity index (χ1n) is 3.24. The van der Waals surface area contributed by atoms with Crippen molar-refractivity contribution in [1.82, 2.24) is 0 Å². The summed E-state index contributed by atoms with van der Waals surface area (Å²) in [7, 11) is -0.252. The van der Waals surface area contributed by atoms with Gasteiger partial charge in [-0.2, -0.15) is 0 Å². The van der Waals surface area contributed by atoms with Crippen molar-refractivity contribution in [3.63, 3.8) is 0 Å². The van der Waals surface area contributed by atoms with Gasteiger partial charge in [0.2, 0.25) is 0 Å². The summed E-state index contributed by atoms with van der Waals surface area (Å²) < 4.78 is 0. The molecule has 0 aromatic carbocycles. The van der Waals surface area contributed by atoms with Gasteiger partial charge < -0.3 is 0 Å². The summed E-state index contributed by atoms with van der Waals surface area (Å²) in [4.78, 5) is 0. The third-order valence-electron chi connectivity index (χ3n) is 1.88. The summed E-state index contributed by atoms with van der Waals surface area (Å²) in [6, 6.07) is 4.36. The third kappa shape index (κ3) is 1.92. The number of hydrogen-bond acceptors (Lipinski definition) is 0. The first kappa shape index (κ1) is 9.86. The molecule has 0 unspecified atom stereocenters. The fourth-order valence-corrected chi connectivity index (χ4v) is 2.24. The second kappa shape index (κ2) is 3.89. The lowest BCUT2D eigenvalue weighted by Crippen LogP contribution is -1.98. The van der Waals surface area contributed by atoms with E-state index in [0.717, 1.165) is 0 Å². The van der Waals surface area contributed by atoms with Crippen molar-refractivity contribution in [2.45, 2.75) is 13.8 Å². The molecular formula is C8H13ClSi. The van der Waals surface area contributed by atoms with Crippen LogP contribution in [0, 0.1) is 13.8 Å². The van der Waals surface area contributed by atoms with E-state index >= 15 is 0 Å². The van der Waals surface area contributed by atoms with E-state index in [1.165, 1.54) is 5.56 Å². The Morgan fingerprint density at radius 3 is 2.30 bits per heavy atom. The van der Waals surface area contributed by atoms with Crippen molar-refractivity contribution in [2.75, 3.05) is 0 Å². The van der Waals surface area contributed by atoms with Crippen LogP contribution in [0.25, 0.3) is 0 Å². The van der Waals surface area contributed by atoms with Crippen LogP contribution >= 0.6 is 12.4 Å². The maximum absolute atomic E-state index is 2.33. The van der Waals surface area contributed by atoms with Crippen molar-refractivity contribution >= 4 is 20.8 Å². The van der Waals surface area contributed by atoms with Crippen molar-refractivity contribution in [1.29, 1.82) is 0 Å². The van der Waals surface area contributed by atoms with Gasteiger partial charge in [0, 0.05) is 8.40 Å². The summed E-state index contributed by atoms with van der Waals surface area (Å²) in [5.41, 5.74) is 3.79. The normalized spacial score (nSPS) is 8.70. The summed E-state index contributed by atoms with van der Waals surface area (Å²) in [6.45, 7) is 6.75. The molecule has 2 heteroatoms. The molecule has 0 aliphatic carbocycles. The van der Waals surface area contributed by atoms with E-state index in [-0.39, 0.29) is 20.8 Å². The van der Waals surface area contributed by atoms with Crippen molar-refractivity contribution in [2.24, 2.45) is 6.55 Å². The van der Waals surface area contributed by atoms with Gasteiger partial charge in [-0.15, -0.1) is 12.4 Å². The summed E-state index contributed by atoms with van der Waals surface area (Å²) in [5.74, 6) is 0. The fraction of sp³-hybridized carbons (Fsp3) is 0.375. The average Bonchev–Trinajstić information content (AvgIpc) is 1.83. The Hall–Kier alpha value is -0.143. The molecule has 0 saturated heterocycles. The molecule has 1 aromatic heterocycles. The van der Waals surface area contributed by atoms with Gasteiger partial charge in [0.25, 0.3) is 0 Å². The van der Waals surface area contributed by atoms with Crippen LogP contribution in [0.2, 0.25) is 0 Å². The van der Waals surface area contributed by atoms with E-state index in [2.05, 4.69) is 38.2 Å². The molecule has 1 heterocycles. The lowest BCUT2D eigenvalue weighted by molar-refractivity contribution is 1.40. The molecule has 0 saturated carbocycles. The molecule has 1 rings (SSSR count). The van der Waals surface area contributed by atoms with Crippen LogP contribution in [0.5, 0.6) is 0 Å². The molecule has 56 valence electrons. The maximum Gasteiger partial charge on any atom is 0.0371 e. The van der Waals surface area contributed by atoms with Gasteiger partial charge in [-0.25, -0.2) is 0 Å². The van der Waals surface area contributed by atoms with Crippen LogP contribution in [0.1, 0.15) is 10.7 Å². The monoisotopic (exact) mass is 172 g/mol. The van der Waals surface area contributed by atoms with Gasteiger partial charge in [0.05, 0.1) is 0 Å². The van der Waals surface area contributed by atoms with Gasteiger partial charge in [-0.3, -0.25) is 0 Å². The molecular weight excluding hydrogens is 160 g/mol. The van der Waals surface area contributed by atoms with Crippen LogP contribution < -0.4 is 0 Å². The number of hydrogen-bond donors (Lipinski definition) is 0. The molecule has 0 fully saturated rings.